The number of fused-ring (bicyclic) bond motifs is 1. The molecule has 2 aromatic carbocycles. The quantitative estimate of drug-likeness (QED) is 0.308. The smallest absolute Gasteiger partial charge is 0.125 e. The van der Waals surface area contributed by atoms with Crippen LogP contribution in [0.1, 0.15) is 84.6 Å². The Hall–Kier alpha value is -2.42. The average Bonchev–Trinajstić information content (AvgIpc) is 3.40. The van der Waals surface area contributed by atoms with Crippen LogP contribution in [0.5, 0.6) is 0 Å². The van der Waals surface area contributed by atoms with E-state index in [9.17, 15) is 4.39 Å². The SMILES string of the molecule is CCC(CCCC1CC(CC)(CC)CC1C)=Nc1ccc(-c2c[nH]c3cc(F)ccc23)cc1C. The van der Waals surface area contributed by atoms with Crippen LogP contribution >= 0.6 is 0 Å². The van der Waals surface area contributed by atoms with Crippen molar-refractivity contribution in [3.8, 4) is 11.1 Å². The number of aromatic amines is 1. The lowest BCUT2D eigenvalue weighted by atomic mass is 9.79. The van der Waals surface area contributed by atoms with E-state index < -0.39 is 0 Å². The van der Waals surface area contributed by atoms with Gasteiger partial charge in [0.25, 0.3) is 0 Å². The van der Waals surface area contributed by atoms with Gasteiger partial charge in [-0.25, -0.2) is 4.39 Å². The van der Waals surface area contributed by atoms with Crippen molar-refractivity contribution in [2.75, 3.05) is 0 Å². The van der Waals surface area contributed by atoms with E-state index in [4.69, 9.17) is 4.99 Å². The molecule has 182 valence electrons. The third kappa shape index (κ3) is 5.14. The minimum absolute atomic E-state index is 0.216. The highest BCUT2D eigenvalue weighted by molar-refractivity contribution is 5.96. The molecular weight excluding hydrogens is 419 g/mol. The van der Waals surface area contributed by atoms with Crippen molar-refractivity contribution in [1.82, 2.24) is 4.98 Å². The zero-order valence-electron chi connectivity index (χ0n) is 21.7. The number of H-pyrrole nitrogens is 1. The second-order valence-corrected chi connectivity index (χ2v) is 10.7. The van der Waals surface area contributed by atoms with Crippen molar-refractivity contribution in [2.45, 2.75) is 86.0 Å². The Balaban J connectivity index is 1.43. The summed E-state index contributed by atoms with van der Waals surface area (Å²) < 4.78 is 13.5. The number of hydrogen-bond acceptors (Lipinski definition) is 1. The van der Waals surface area contributed by atoms with E-state index in [1.54, 1.807) is 6.07 Å². The number of hydrogen-bond donors (Lipinski definition) is 1. The lowest BCUT2D eigenvalue weighted by molar-refractivity contribution is 0.255. The molecule has 1 heterocycles. The number of nitrogens with zero attached hydrogens (tertiary/aromatic N) is 1. The summed E-state index contributed by atoms with van der Waals surface area (Å²) in [5.74, 6) is 1.52. The summed E-state index contributed by atoms with van der Waals surface area (Å²) in [6, 6.07) is 11.4. The maximum absolute atomic E-state index is 13.5. The van der Waals surface area contributed by atoms with Gasteiger partial charge >= 0.3 is 0 Å². The molecule has 2 unspecified atom stereocenters. The minimum atomic E-state index is -0.216. The van der Waals surface area contributed by atoms with Gasteiger partial charge in [-0.1, -0.05) is 46.6 Å². The summed E-state index contributed by atoms with van der Waals surface area (Å²) in [5.41, 5.74) is 7.22. The predicted octanol–water partition coefficient (Wildman–Crippen LogP) is 9.79. The molecule has 0 spiro atoms. The molecule has 0 bridgehead atoms. The first-order valence-corrected chi connectivity index (χ1v) is 13.3. The molecule has 1 N–H and O–H groups in total. The van der Waals surface area contributed by atoms with Crippen molar-refractivity contribution in [2.24, 2.45) is 22.2 Å². The van der Waals surface area contributed by atoms with E-state index in [-0.39, 0.29) is 5.82 Å². The molecule has 0 amide bonds. The van der Waals surface area contributed by atoms with Crippen LogP contribution < -0.4 is 0 Å². The molecule has 2 nitrogen and oxygen atoms in total. The summed E-state index contributed by atoms with van der Waals surface area (Å²) >= 11 is 0. The first-order chi connectivity index (χ1) is 16.4. The van der Waals surface area contributed by atoms with Gasteiger partial charge in [0, 0.05) is 28.4 Å². The normalized spacial score (nSPS) is 20.4. The van der Waals surface area contributed by atoms with Crippen molar-refractivity contribution in [3.63, 3.8) is 0 Å². The number of aromatic nitrogens is 1. The van der Waals surface area contributed by atoms with E-state index in [1.807, 2.05) is 12.3 Å². The van der Waals surface area contributed by atoms with Crippen LogP contribution in [0.15, 0.2) is 47.6 Å². The number of halogens is 1. The van der Waals surface area contributed by atoms with Gasteiger partial charge in [0.15, 0.2) is 0 Å². The van der Waals surface area contributed by atoms with Crippen LogP contribution in [0.4, 0.5) is 10.1 Å². The Labute approximate surface area is 205 Å². The number of nitrogens with one attached hydrogen (secondary N) is 1. The Morgan fingerprint density at radius 3 is 2.56 bits per heavy atom. The molecule has 34 heavy (non-hydrogen) atoms. The molecule has 3 heteroatoms. The van der Waals surface area contributed by atoms with E-state index in [1.165, 1.54) is 55.9 Å². The van der Waals surface area contributed by atoms with Crippen molar-refractivity contribution >= 4 is 22.3 Å². The third-order valence-electron chi connectivity index (χ3n) is 8.63. The zero-order valence-corrected chi connectivity index (χ0v) is 21.7. The van der Waals surface area contributed by atoms with Gasteiger partial charge in [-0.15, -0.1) is 0 Å². The lowest BCUT2D eigenvalue weighted by Crippen LogP contribution is -2.14. The van der Waals surface area contributed by atoms with Crippen molar-refractivity contribution < 1.29 is 4.39 Å². The van der Waals surface area contributed by atoms with Gasteiger partial charge < -0.3 is 4.98 Å². The topological polar surface area (TPSA) is 28.1 Å². The van der Waals surface area contributed by atoms with Gasteiger partial charge in [0.2, 0.25) is 0 Å². The van der Waals surface area contributed by atoms with Gasteiger partial charge in [0.05, 0.1) is 5.69 Å². The summed E-state index contributed by atoms with van der Waals surface area (Å²) in [4.78, 5) is 8.27. The van der Waals surface area contributed by atoms with E-state index in [0.717, 1.165) is 52.4 Å². The van der Waals surface area contributed by atoms with E-state index in [2.05, 4.69) is 57.8 Å². The fourth-order valence-electron chi connectivity index (χ4n) is 6.24. The third-order valence-corrected chi connectivity index (χ3v) is 8.63. The maximum atomic E-state index is 13.5. The van der Waals surface area contributed by atoms with Gasteiger partial charge in [-0.2, -0.15) is 0 Å². The van der Waals surface area contributed by atoms with Crippen molar-refractivity contribution in [3.05, 3.63) is 54.0 Å². The first kappa shape index (κ1) is 24.7. The number of rotatable bonds is 9. The molecule has 2 atom stereocenters. The summed E-state index contributed by atoms with van der Waals surface area (Å²) in [6.07, 6.45) is 12.1. The molecule has 1 aliphatic carbocycles. The Morgan fingerprint density at radius 1 is 1.09 bits per heavy atom. The standard InChI is InChI=1S/C31H41FN2/c1-6-26(11-9-10-24-19-31(7-2,8-3)18-22(24)5)34-29-15-12-23(16-21(29)4)28-20-33-30-17-25(32)13-14-27(28)30/h12-17,20,22,24,33H,6-11,18-19H2,1-5H3. The number of aliphatic imine (C=N–C) groups is 1. The Kier molecular flexibility index (Phi) is 7.60. The first-order valence-electron chi connectivity index (χ1n) is 13.3. The van der Waals surface area contributed by atoms with E-state index in [0.29, 0.717) is 5.41 Å². The second-order valence-electron chi connectivity index (χ2n) is 10.7. The minimum Gasteiger partial charge on any atom is -0.360 e. The highest BCUT2D eigenvalue weighted by Gasteiger charge is 2.40. The number of aryl methyl sites for hydroxylation is 1. The average molecular weight is 461 g/mol. The molecule has 1 aliphatic rings. The lowest BCUT2D eigenvalue weighted by Gasteiger charge is -2.26. The Bertz CT molecular complexity index is 1150. The van der Waals surface area contributed by atoms with Crippen molar-refractivity contribution in [1.29, 1.82) is 0 Å². The summed E-state index contributed by atoms with van der Waals surface area (Å²) in [5, 5.41) is 1.04. The maximum Gasteiger partial charge on any atom is 0.125 e. The zero-order chi connectivity index (χ0) is 24.3. The summed E-state index contributed by atoms with van der Waals surface area (Å²) in [6.45, 7) is 11.6. The fourth-order valence-corrected chi connectivity index (χ4v) is 6.24. The van der Waals surface area contributed by atoms with E-state index >= 15 is 0 Å². The second kappa shape index (κ2) is 10.5. The van der Waals surface area contributed by atoms with Crippen LogP contribution in [0.3, 0.4) is 0 Å². The van der Waals surface area contributed by atoms with Gasteiger partial charge in [-0.3, -0.25) is 4.99 Å². The monoisotopic (exact) mass is 460 g/mol. The largest absolute Gasteiger partial charge is 0.360 e. The molecule has 1 saturated carbocycles. The molecule has 4 rings (SSSR count). The van der Waals surface area contributed by atoms with Crippen LogP contribution in [-0.4, -0.2) is 10.7 Å². The molecule has 0 radical (unpaired) electrons. The highest BCUT2D eigenvalue weighted by Crippen LogP contribution is 2.51. The number of benzene rings is 2. The van der Waals surface area contributed by atoms with Crippen LogP contribution in [-0.2, 0) is 0 Å². The molecule has 1 aromatic heterocycles. The Morgan fingerprint density at radius 2 is 1.88 bits per heavy atom. The molecular formula is C31H41FN2. The molecule has 0 saturated heterocycles. The molecule has 0 aliphatic heterocycles. The van der Waals surface area contributed by atoms with Gasteiger partial charge in [-0.05, 0) is 104 Å². The molecule has 3 aromatic rings. The summed E-state index contributed by atoms with van der Waals surface area (Å²) in [7, 11) is 0. The highest BCUT2D eigenvalue weighted by atomic mass is 19.1. The van der Waals surface area contributed by atoms with Gasteiger partial charge in [0.1, 0.15) is 5.82 Å². The van der Waals surface area contributed by atoms with Crippen LogP contribution in [0.2, 0.25) is 0 Å². The molecule has 1 fully saturated rings. The van der Waals surface area contributed by atoms with Crippen LogP contribution in [0, 0.1) is 30.0 Å². The fraction of sp³-hybridized carbons (Fsp3) is 0.516. The van der Waals surface area contributed by atoms with Crippen LogP contribution in [0.25, 0.3) is 22.0 Å². The predicted molar refractivity (Wildman–Crippen MR) is 145 cm³/mol.